The van der Waals surface area contributed by atoms with E-state index in [-0.39, 0.29) is 17.5 Å². The van der Waals surface area contributed by atoms with Gasteiger partial charge in [-0.15, -0.1) is 0 Å². The van der Waals surface area contributed by atoms with Gasteiger partial charge in [-0.1, -0.05) is 12.8 Å². The van der Waals surface area contributed by atoms with E-state index < -0.39 is 15.3 Å². The van der Waals surface area contributed by atoms with E-state index in [1.165, 1.54) is 0 Å². The first-order chi connectivity index (χ1) is 15.2. The van der Waals surface area contributed by atoms with Gasteiger partial charge in [0.1, 0.15) is 5.39 Å². The molecule has 2 aliphatic rings. The summed E-state index contributed by atoms with van der Waals surface area (Å²) in [6.07, 6.45) is 5.92. The standard InChI is InChI=1S/C23H27N5O3S/c1-23(2)12-15-11-16(7-8-19(15)32(23,30)31)26-21-20-18(9-10-25-22(20)29)28(27-21)17-6-4-3-5-14(17)13-24/h7-11,14,17,30-31H,3-6,12H2,1-2H3,(H,25,29)(H,26,27)/t14-,17+/m1/s1. The number of anilines is 2. The minimum Gasteiger partial charge on any atom is -0.338 e. The van der Waals surface area contributed by atoms with Crippen LogP contribution in [-0.4, -0.2) is 28.6 Å². The van der Waals surface area contributed by atoms with Gasteiger partial charge in [0, 0.05) is 11.9 Å². The minimum atomic E-state index is -2.87. The SMILES string of the molecule is CC1(C)Cc2cc(Nc3nn([C@H]4CCCC[C@@H]4C#N)c4cc[nH]c(=O)c34)ccc2S1(O)O. The maximum Gasteiger partial charge on any atom is 0.261 e. The summed E-state index contributed by atoms with van der Waals surface area (Å²) in [7, 11) is -2.87. The number of hydrogen-bond donors (Lipinski definition) is 4. The molecule has 0 amide bonds. The van der Waals surface area contributed by atoms with Crippen molar-refractivity contribution in [3.05, 3.63) is 46.4 Å². The van der Waals surface area contributed by atoms with Gasteiger partial charge in [-0.25, -0.2) is 0 Å². The summed E-state index contributed by atoms with van der Waals surface area (Å²) < 4.78 is 22.5. The smallest absolute Gasteiger partial charge is 0.261 e. The lowest BCUT2D eigenvalue weighted by Gasteiger charge is -2.41. The number of benzene rings is 1. The number of aromatic amines is 1. The summed E-state index contributed by atoms with van der Waals surface area (Å²) >= 11 is 0. The van der Waals surface area contributed by atoms with Crippen molar-refractivity contribution in [2.45, 2.75) is 61.6 Å². The first-order valence-electron chi connectivity index (χ1n) is 10.9. The predicted octanol–water partition coefficient (Wildman–Crippen LogP) is 5.17. The monoisotopic (exact) mass is 453 g/mol. The van der Waals surface area contributed by atoms with Crippen LogP contribution >= 0.6 is 10.6 Å². The molecule has 0 saturated heterocycles. The molecule has 168 valence electrons. The highest BCUT2D eigenvalue weighted by Crippen LogP contribution is 2.66. The second-order valence-electron chi connectivity index (χ2n) is 9.38. The number of H-pyrrole nitrogens is 1. The highest BCUT2D eigenvalue weighted by Gasteiger charge is 2.43. The van der Waals surface area contributed by atoms with Crippen molar-refractivity contribution in [2.24, 2.45) is 5.92 Å². The third kappa shape index (κ3) is 3.13. The van der Waals surface area contributed by atoms with Crippen molar-refractivity contribution in [1.82, 2.24) is 14.8 Å². The number of pyridine rings is 1. The summed E-state index contributed by atoms with van der Waals surface area (Å²) in [4.78, 5) is 16.0. The summed E-state index contributed by atoms with van der Waals surface area (Å²) in [6, 6.07) is 9.62. The Labute approximate surface area is 187 Å². The minimum absolute atomic E-state index is 0.0672. The Hall–Kier alpha value is -2.80. The molecule has 2 aromatic heterocycles. The molecule has 1 aromatic carbocycles. The molecule has 0 unspecified atom stereocenters. The largest absolute Gasteiger partial charge is 0.338 e. The van der Waals surface area contributed by atoms with Crippen molar-refractivity contribution in [1.29, 1.82) is 5.26 Å². The third-order valence-electron chi connectivity index (χ3n) is 6.86. The van der Waals surface area contributed by atoms with Crippen LogP contribution in [0.3, 0.4) is 0 Å². The van der Waals surface area contributed by atoms with E-state index >= 15 is 0 Å². The van der Waals surface area contributed by atoms with Crippen molar-refractivity contribution in [2.75, 3.05) is 5.32 Å². The number of nitriles is 1. The lowest BCUT2D eigenvalue weighted by molar-refractivity contribution is 0.277. The van der Waals surface area contributed by atoms with Crippen LogP contribution in [0.2, 0.25) is 0 Å². The Balaban J connectivity index is 1.57. The fourth-order valence-corrected chi connectivity index (χ4v) is 6.77. The Bertz CT molecular complexity index is 1300. The zero-order valence-electron chi connectivity index (χ0n) is 18.1. The fourth-order valence-electron chi connectivity index (χ4n) is 5.06. The molecule has 2 atom stereocenters. The Morgan fingerprint density at radius 3 is 2.84 bits per heavy atom. The summed E-state index contributed by atoms with van der Waals surface area (Å²) in [5.74, 6) is 0.305. The summed E-state index contributed by atoms with van der Waals surface area (Å²) in [5, 5.41) is 18.1. The van der Waals surface area contributed by atoms with Gasteiger partial charge in [-0.05, 0) is 62.9 Å². The van der Waals surface area contributed by atoms with Crippen LogP contribution < -0.4 is 10.9 Å². The number of hydrogen-bond acceptors (Lipinski definition) is 6. The zero-order chi connectivity index (χ0) is 22.7. The molecule has 1 saturated carbocycles. The molecular formula is C23H27N5O3S. The van der Waals surface area contributed by atoms with E-state index in [2.05, 4.69) is 16.4 Å². The van der Waals surface area contributed by atoms with E-state index in [1.54, 1.807) is 18.3 Å². The second-order valence-corrected chi connectivity index (χ2v) is 12.0. The summed E-state index contributed by atoms with van der Waals surface area (Å²) in [6.45, 7) is 3.72. The van der Waals surface area contributed by atoms with Crippen molar-refractivity contribution in [3.8, 4) is 6.07 Å². The van der Waals surface area contributed by atoms with Crippen LogP contribution in [0, 0.1) is 17.2 Å². The van der Waals surface area contributed by atoms with E-state index in [1.807, 2.05) is 30.7 Å². The van der Waals surface area contributed by atoms with E-state index in [0.29, 0.717) is 28.0 Å². The predicted molar refractivity (Wildman–Crippen MR) is 126 cm³/mol. The number of aromatic nitrogens is 3. The van der Waals surface area contributed by atoms with Crippen LogP contribution in [0.1, 0.15) is 51.1 Å². The second kappa shape index (κ2) is 7.37. The average molecular weight is 454 g/mol. The number of nitrogens with one attached hydrogen (secondary N) is 2. The maximum absolute atomic E-state index is 12.7. The number of nitrogens with zero attached hydrogens (tertiary/aromatic N) is 3. The normalized spacial score (nSPS) is 24.6. The van der Waals surface area contributed by atoms with Gasteiger partial charge in [0.05, 0.1) is 33.2 Å². The molecule has 1 aliphatic heterocycles. The molecule has 1 aliphatic carbocycles. The van der Waals surface area contributed by atoms with Gasteiger partial charge in [-0.3, -0.25) is 18.6 Å². The molecule has 0 spiro atoms. The van der Waals surface area contributed by atoms with E-state index in [9.17, 15) is 19.2 Å². The molecule has 5 rings (SSSR count). The van der Waals surface area contributed by atoms with E-state index in [4.69, 9.17) is 5.10 Å². The van der Waals surface area contributed by atoms with Gasteiger partial charge in [-0.2, -0.15) is 21.0 Å². The molecule has 8 nitrogen and oxygen atoms in total. The van der Waals surface area contributed by atoms with Crippen LogP contribution in [0.4, 0.5) is 11.5 Å². The molecule has 3 heterocycles. The average Bonchev–Trinajstić information content (AvgIpc) is 3.20. The van der Waals surface area contributed by atoms with Crippen molar-refractivity contribution >= 4 is 33.0 Å². The number of fused-ring (bicyclic) bond motifs is 2. The molecule has 3 aromatic rings. The maximum atomic E-state index is 12.7. The molecule has 0 bridgehead atoms. The van der Waals surface area contributed by atoms with Crippen molar-refractivity contribution in [3.63, 3.8) is 0 Å². The van der Waals surface area contributed by atoms with Crippen molar-refractivity contribution < 1.29 is 9.11 Å². The van der Waals surface area contributed by atoms with Crippen LogP contribution in [0.15, 0.2) is 40.2 Å². The van der Waals surface area contributed by atoms with E-state index in [0.717, 1.165) is 36.9 Å². The van der Waals surface area contributed by atoms with Crippen LogP contribution in [0.25, 0.3) is 10.9 Å². The topological polar surface area (TPSA) is 127 Å². The molecular weight excluding hydrogens is 426 g/mol. The molecule has 9 heteroatoms. The first kappa shape index (κ1) is 21.1. The fraction of sp³-hybridized carbons (Fsp3) is 0.435. The lowest BCUT2D eigenvalue weighted by atomic mass is 9.85. The zero-order valence-corrected chi connectivity index (χ0v) is 18.9. The molecule has 32 heavy (non-hydrogen) atoms. The quantitative estimate of drug-likeness (QED) is 0.433. The molecule has 0 radical (unpaired) electrons. The van der Waals surface area contributed by atoms with Crippen LogP contribution in [0.5, 0.6) is 0 Å². The van der Waals surface area contributed by atoms with Gasteiger partial charge in [0.2, 0.25) is 0 Å². The summed E-state index contributed by atoms with van der Waals surface area (Å²) in [5.41, 5.74) is 2.08. The Kier molecular flexibility index (Phi) is 4.85. The molecule has 1 fully saturated rings. The highest BCUT2D eigenvalue weighted by atomic mass is 32.3. The van der Waals surface area contributed by atoms with Gasteiger partial charge < -0.3 is 10.3 Å². The van der Waals surface area contributed by atoms with Gasteiger partial charge in [0.15, 0.2) is 5.82 Å². The first-order valence-corrected chi connectivity index (χ1v) is 12.4. The third-order valence-corrected chi connectivity index (χ3v) is 9.55. The van der Waals surface area contributed by atoms with Crippen LogP contribution in [-0.2, 0) is 6.42 Å². The van der Waals surface area contributed by atoms with Gasteiger partial charge in [0.25, 0.3) is 5.56 Å². The Morgan fingerprint density at radius 1 is 1.28 bits per heavy atom. The number of rotatable bonds is 3. The highest BCUT2D eigenvalue weighted by molar-refractivity contribution is 8.25. The Morgan fingerprint density at radius 2 is 2.06 bits per heavy atom. The lowest BCUT2D eigenvalue weighted by Crippen LogP contribution is -2.24. The molecule has 4 N–H and O–H groups in total. The van der Waals surface area contributed by atoms with Gasteiger partial charge >= 0.3 is 0 Å².